The van der Waals surface area contributed by atoms with Crippen LogP contribution in [0.5, 0.6) is 0 Å². The first kappa shape index (κ1) is 16.8. The minimum atomic E-state index is -0.480. The van der Waals surface area contributed by atoms with Gasteiger partial charge in [0.1, 0.15) is 5.60 Å². The van der Waals surface area contributed by atoms with Crippen molar-refractivity contribution in [2.75, 3.05) is 31.6 Å². The van der Waals surface area contributed by atoms with Gasteiger partial charge in [0.2, 0.25) is 0 Å². The van der Waals surface area contributed by atoms with Crippen LogP contribution in [-0.4, -0.2) is 43.3 Å². The predicted molar refractivity (Wildman–Crippen MR) is 96.1 cm³/mol. The van der Waals surface area contributed by atoms with Gasteiger partial charge in [-0.1, -0.05) is 22.0 Å². The number of benzene rings is 1. The van der Waals surface area contributed by atoms with Crippen molar-refractivity contribution in [2.24, 2.45) is 0 Å². The van der Waals surface area contributed by atoms with E-state index in [-0.39, 0.29) is 11.5 Å². The van der Waals surface area contributed by atoms with E-state index in [2.05, 4.69) is 40.0 Å². The number of amides is 1. The highest BCUT2D eigenvalue weighted by Crippen LogP contribution is 2.48. The standard InChI is InChI=1S/C18H25BrN2O2/c1-17(2,3)23-16(22)21-12-18(7-9-20(4)10-8-18)14-6-5-13(19)11-15(14)21/h5-6,11H,7-10,12H2,1-4H3. The molecule has 0 aromatic heterocycles. The Morgan fingerprint density at radius 1 is 1.26 bits per heavy atom. The summed E-state index contributed by atoms with van der Waals surface area (Å²) in [7, 11) is 2.16. The first-order valence-corrected chi connectivity index (χ1v) is 8.99. The summed E-state index contributed by atoms with van der Waals surface area (Å²) in [6, 6.07) is 6.30. The molecule has 2 aliphatic heterocycles. The van der Waals surface area contributed by atoms with Gasteiger partial charge in [0, 0.05) is 16.4 Å². The van der Waals surface area contributed by atoms with Gasteiger partial charge in [-0.3, -0.25) is 4.90 Å². The molecule has 126 valence electrons. The Hall–Kier alpha value is -1.07. The first-order valence-electron chi connectivity index (χ1n) is 8.19. The van der Waals surface area contributed by atoms with E-state index in [0.29, 0.717) is 0 Å². The Bertz CT molecular complexity index is 616. The van der Waals surface area contributed by atoms with Crippen molar-refractivity contribution in [3.8, 4) is 0 Å². The third-order valence-electron chi connectivity index (χ3n) is 4.84. The van der Waals surface area contributed by atoms with Crippen LogP contribution in [0.2, 0.25) is 0 Å². The maximum absolute atomic E-state index is 12.7. The van der Waals surface area contributed by atoms with Crippen LogP contribution in [0, 0.1) is 0 Å². The first-order chi connectivity index (χ1) is 10.7. The lowest BCUT2D eigenvalue weighted by Crippen LogP contribution is -2.45. The SMILES string of the molecule is CN1CCC2(CC1)CN(C(=O)OC(C)(C)C)c1cc(Br)ccc12. The number of rotatable bonds is 0. The van der Waals surface area contributed by atoms with E-state index < -0.39 is 5.60 Å². The molecule has 3 rings (SSSR count). The molecule has 2 aliphatic rings. The number of carbonyl (C=O) groups is 1. The van der Waals surface area contributed by atoms with Crippen molar-refractivity contribution in [3.05, 3.63) is 28.2 Å². The number of piperidine rings is 1. The molecule has 23 heavy (non-hydrogen) atoms. The number of hydrogen-bond donors (Lipinski definition) is 0. The number of hydrogen-bond acceptors (Lipinski definition) is 3. The minimum absolute atomic E-state index is 0.0689. The van der Waals surface area contributed by atoms with Gasteiger partial charge in [-0.15, -0.1) is 0 Å². The fourth-order valence-electron chi connectivity index (χ4n) is 3.60. The fourth-order valence-corrected chi connectivity index (χ4v) is 3.95. The van der Waals surface area contributed by atoms with Gasteiger partial charge in [0.05, 0.1) is 5.69 Å². The molecule has 1 fully saturated rings. The van der Waals surface area contributed by atoms with E-state index in [4.69, 9.17) is 4.74 Å². The van der Waals surface area contributed by atoms with Crippen LogP contribution in [0.4, 0.5) is 10.5 Å². The van der Waals surface area contributed by atoms with Gasteiger partial charge in [-0.25, -0.2) is 4.79 Å². The van der Waals surface area contributed by atoms with E-state index in [0.717, 1.165) is 42.6 Å². The fraction of sp³-hybridized carbons (Fsp3) is 0.611. The smallest absolute Gasteiger partial charge is 0.414 e. The maximum atomic E-state index is 12.7. The highest BCUT2D eigenvalue weighted by molar-refractivity contribution is 9.10. The zero-order valence-corrected chi connectivity index (χ0v) is 15.9. The van der Waals surface area contributed by atoms with Crippen molar-refractivity contribution in [1.82, 2.24) is 4.90 Å². The highest BCUT2D eigenvalue weighted by Gasteiger charge is 2.46. The summed E-state index contributed by atoms with van der Waals surface area (Å²) in [6.07, 6.45) is 1.92. The number of fused-ring (bicyclic) bond motifs is 2. The summed E-state index contributed by atoms with van der Waals surface area (Å²) in [5.74, 6) is 0. The number of likely N-dealkylation sites (tertiary alicyclic amines) is 1. The van der Waals surface area contributed by atoms with Gasteiger partial charge >= 0.3 is 6.09 Å². The van der Waals surface area contributed by atoms with Crippen LogP contribution in [0.25, 0.3) is 0 Å². The van der Waals surface area contributed by atoms with Crippen molar-refractivity contribution in [3.63, 3.8) is 0 Å². The lowest BCUT2D eigenvalue weighted by atomic mass is 9.74. The second kappa shape index (κ2) is 5.78. The van der Waals surface area contributed by atoms with E-state index in [9.17, 15) is 4.79 Å². The van der Waals surface area contributed by atoms with Gasteiger partial charge in [0.25, 0.3) is 0 Å². The molecule has 4 nitrogen and oxygen atoms in total. The number of halogens is 1. The van der Waals surface area contributed by atoms with Crippen LogP contribution in [0.3, 0.4) is 0 Å². The third-order valence-corrected chi connectivity index (χ3v) is 5.33. The largest absolute Gasteiger partial charge is 0.443 e. The van der Waals surface area contributed by atoms with E-state index in [1.807, 2.05) is 31.7 Å². The molecule has 2 heterocycles. The van der Waals surface area contributed by atoms with Crippen molar-refractivity contribution in [2.45, 2.75) is 44.6 Å². The van der Waals surface area contributed by atoms with Crippen LogP contribution >= 0.6 is 15.9 Å². The van der Waals surface area contributed by atoms with Crippen molar-refractivity contribution >= 4 is 27.7 Å². The Balaban J connectivity index is 1.95. The van der Waals surface area contributed by atoms with Gasteiger partial charge in [-0.05, 0) is 71.4 Å². The summed E-state index contributed by atoms with van der Waals surface area (Å²) >= 11 is 3.54. The number of ether oxygens (including phenoxy) is 1. The van der Waals surface area contributed by atoms with Crippen LogP contribution in [-0.2, 0) is 10.2 Å². The quantitative estimate of drug-likeness (QED) is 0.676. The summed E-state index contributed by atoms with van der Waals surface area (Å²) < 4.78 is 6.63. The van der Waals surface area contributed by atoms with Crippen molar-refractivity contribution < 1.29 is 9.53 Å². The molecule has 0 bridgehead atoms. The summed E-state index contributed by atoms with van der Waals surface area (Å²) in [6.45, 7) is 8.59. The lowest BCUT2D eigenvalue weighted by molar-refractivity contribution is 0.0572. The van der Waals surface area contributed by atoms with Crippen LogP contribution < -0.4 is 4.90 Å². The molecule has 5 heteroatoms. The topological polar surface area (TPSA) is 32.8 Å². The van der Waals surface area contributed by atoms with Crippen LogP contribution in [0.1, 0.15) is 39.2 Å². The molecule has 0 aliphatic carbocycles. The van der Waals surface area contributed by atoms with Gasteiger partial charge in [-0.2, -0.15) is 0 Å². The van der Waals surface area contributed by atoms with E-state index in [1.54, 1.807) is 0 Å². The molecule has 0 saturated carbocycles. The summed E-state index contributed by atoms with van der Waals surface area (Å²) in [5, 5.41) is 0. The predicted octanol–water partition coefficient (Wildman–Crippen LogP) is 4.17. The van der Waals surface area contributed by atoms with Gasteiger partial charge < -0.3 is 9.64 Å². The molecule has 0 radical (unpaired) electrons. The van der Waals surface area contributed by atoms with E-state index >= 15 is 0 Å². The zero-order valence-electron chi connectivity index (χ0n) is 14.4. The minimum Gasteiger partial charge on any atom is -0.443 e. The molecule has 0 atom stereocenters. The number of carbonyl (C=O) groups excluding carboxylic acids is 1. The molecule has 1 aromatic rings. The average Bonchev–Trinajstić information content (AvgIpc) is 2.75. The Kier molecular flexibility index (Phi) is 4.21. The van der Waals surface area contributed by atoms with Crippen LogP contribution in [0.15, 0.2) is 22.7 Å². The molecule has 0 N–H and O–H groups in total. The zero-order chi connectivity index (χ0) is 16.8. The summed E-state index contributed by atoms with van der Waals surface area (Å²) in [4.78, 5) is 16.9. The van der Waals surface area contributed by atoms with E-state index in [1.165, 1.54) is 5.56 Å². The Morgan fingerprint density at radius 2 is 1.91 bits per heavy atom. The Morgan fingerprint density at radius 3 is 2.52 bits per heavy atom. The molecule has 1 aromatic carbocycles. The third kappa shape index (κ3) is 3.26. The van der Waals surface area contributed by atoms with Crippen molar-refractivity contribution in [1.29, 1.82) is 0 Å². The molecule has 1 saturated heterocycles. The molecule has 1 amide bonds. The molecule has 0 unspecified atom stereocenters. The molecule has 1 spiro atoms. The number of nitrogens with zero attached hydrogens (tertiary/aromatic N) is 2. The highest BCUT2D eigenvalue weighted by atomic mass is 79.9. The molecular weight excluding hydrogens is 356 g/mol. The average molecular weight is 381 g/mol. The monoisotopic (exact) mass is 380 g/mol. The normalized spacial score (nSPS) is 20.7. The number of anilines is 1. The van der Waals surface area contributed by atoms with Gasteiger partial charge in [0.15, 0.2) is 0 Å². The second-order valence-electron chi connectivity index (χ2n) is 7.81. The second-order valence-corrected chi connectivity index (χ2v) is 8.73. The lowest BCUT2D eigenvalue weighted by Gasteiger charge is -2.38. The molecular formula is C18H25BrN2O2. The Labute approximate surface area is 146 Å². The maximum Gasteiger partial charge on any atom is 0.414 e. The summed E-state index contributed by atoms with van der Waals surface area (Å²) in [5.41, 5.74) is 1.88.